The Hall–Kier alpha value is -0.120. The van der Waals surface area contributed by atoms with Crippen molar-refractivity contribution < 1.29 is 4.74 Å². The summed E-state index contributed by atoms with van der Waals surface area (Å²) in [5.41, 5.74) is 0. The summed E-state index contributed by atoms with van der Waals surface area (Å²) < 4.78 is 5.60. The van der Waals surface area contributed by atoms with E-state index in [-0.39, 0.29) is 0 Å². The smallest absolute Gasteiger partial charge is 0.0509 e. The second kappa shape index (κ2) is 7.05. The molecular weight excluding hydrogens is 236 g/mol. The molecule has 0 aliphatic carbocycles. The van der Waals surface area contributed by atoms with Gasteiger partial charge in [-0.2, -0.15) is 0 Å². The first kappa shape index (κ1) is 15.3. The molecule has 0 aromatic heterocycles. The van der Waals surface area contributed by atoms with Gasteiger partial charge in [0.15, 0.2) is 0 Å². The second-order valence-corrected chi connectivity index (χ2v) is 6.77. The topological polar surface area (TPSA) is 24.5 Å². The van der Waals surface area contributed by atoms with Crippen LogP contribution in [0.2, 0.25) is 0 Å². The van der Waals surface area contributed by atoms with Crippen molar-refractivity contribution in [1.29, 1.82) is 0 Å². The number of piperazine rings is 1. The molecule has 4 unspecified atom stereocenters. The largest absolute Gasteiger partial charge is 0.381 e. The second-order valence-electron chi connectivity index (χ2n) is 6.77. The molecule has 0 saturated carbocycles. The molecule has 3 nitrogen and oxygen atoms in total. The van der Waals surface area contributed by atoms with E-state index in [9.17, 15) is 0 Å². The Morgan fingerprint density at radius 3 is 2.68 bits per heavy atom. The average Bonchev–Trinajstić information content (AvgIpc) is 2.91. The first-order valence-electron chi connectivity index (χ1n) is 8.20. The summed E-state index contributed by atoms with van der Waals surface area (Å²) in [4.78, 5) is 2.78. The molecule has 112 valence electrons. The highest BCUT2D eigenvalue weighted by atomic mass is 16.5. The highest BCUT2D eigenvalue weighted by molar-refractivity contribution is 4.92. The third-order valence-electron chi connectivity index (χ3n) is 5.05. The van der Waals surface area contributed by atoms with Crippen LogP contribution in [0.4, 0.5) is 0 Å². The zero-order valence-electron chi connectivity index (χ0n) is 13.2. The third-order valence-corrected chi connectivity index (χ3v) is 5.05. The van der Waals surface area contributed by atoms with Crippen LogP contribution < -0.4 is 5.32 Å². The Balaban J connectivity index is 2.01. The lowest BCUT2D eigenvalue weighted by atomic mass is 9.91. The Morgan fingerprint density at radius 1 is 1.32 bits per heavy atom. The molecule has 2 rings (SSSR count). The van der Waals surface area contributed by atoms with Gasteiger partial charge in [0.05, 0.1) is 6.61 Å². The summed E-state index contributed by atoms with van der Waals surface area (Å²) in [6, 6.07) is 2.03. The van der Waals surface area contributed by atoms with Crippen molar-refractivity contribution in [1.82, 2.24) is 10.2 Å². The highest BCUT2D eigenvalue weighted by Crippen LogP contribution is 2.27. The molecule has 2 aliphatic heterocycles. The summed E-state index contributed by atoms with van der Waals surface area (Å²) in [6.45, 7) is 13.7. The predicted octanol–water partition coefficient (Wildman–Crippen LogP) is 2.51. The van der Waals surface area contributed by atoms with Crippen molar-refractivity contribution >= 4 is 0 Å². The SMILES string of the molecule is CCCC1CN(C(C)C2CCOC2)C(C(C)C)CN1. The minimum Gasteiger partial charge on any atom is -0.381 e. The van der Waals surface area contributed by atoms with E-state index in [1.54, 1.807) is 0 Å². The summed E-state index contributed by atoms with van der Waals surface area (Å²) in [5, 5.41) is 3.75. The number of nitrogens with zero attached hydrogens (tertiary/aromatic N) is 1. The Bertz CT molecular complexity index is 263. The van der Waals surface area contributed by atoms with Crippen LogP contribution in [0.3, 0.4) is 0 Å². The number of rotatable bonds is 5. The van der Waals surface area contributed by atoms with E-state index in [1.807, 2.05) is 0 Å². The van der Waals surface area contributed by atoms with Crippen LogP contribution in [0.15, 0.2) is 0 Å². The lowest BCUT2D eigenvalue weighted by Gasteiger charge is -2.47. The van der Waals surface area contributed by atoms with E-state index >= 15 is 0 Å². The van der Waals surface area contributed by atoms with Crippen LogP contribution in [-0.2, 0) is 4.74 Å². The number of ether oxygens (including phenoxy) is 1. The molecule has 2 fully saturated rings. The molecule has 0 amide bonds. The Kier molecular flexibility index (Phi) is 5.67. The maximum absolute atomic E-state index is 5.60. The van der Waals surface area contributed by atoms with Crippen molar-refractivity contribution in [3.05, 3.63) is 0 Å². The molecule has 4 atom stereocenters. The Labute approximate surface area is 119 Å². The van der Waals surface area contributed by atoms with Crippen molar-refractivity contribution in [2.24, 2.45) is 11.8 Å². The maximum atomic E-state index is 5.60. The predicted molar refractivity (Wildman–Crippen MR) is 80.4 cm³/mol. The van der Waals surface area contributed by atoms with E-state index < -0.39 is 0 Å². The van der Waals surface area contributed by atoms with Gasteiger partial charge in [0, 0.05) is 37.8 Å². The third kappa shape index (κ3) is 3.71. The van der Waals surface area contributed by atoms with Gasteiger partial charge in [-0.15, -0.1) is 0 Å². The molecule has 0 bridgehead atoms. The molecule has 2 heterocycles. The molecule has 0 aromatic carbocycles. The molecule has 19 heavy (non-hydrogen) atoms. The molecule has 2 aliphatic rings. The molecule has 0 aromatic rings. The van der Waals surface area contributed by atoms with Gasteiger partial charge < -0.3 is 10.1 Å². The molecule has 2 saturated heterocycles. The summed E-state index contributed by atoms with van der Waals surface area (Å²) in [7, 11) is 0. The van der Waals surface area contributed by atoms with E-state index in [2.05, 4.69) is 37.9 Å². The molecule has 0 spiro atoms. The van der Waals surface area contributed by atoms with Crippen LogP contribution in [0, 0.1) is 11.8 Å². The van der Waals surface area contributed by atoms with Crippen molar-refractivity contribution in [3.63, 3.8) is 0 Å². The van der Waals surface area contributed by atoms with Crippen LogP contribution in [0.25, 0.3) is 0 Å². The van der Waals surface area contributed by atoms with E-state index in [0.717, 1.165) is 31.6 Å². The normalized spacial score (nSPS) is 34.9. The fourth-order valence-electron chi connectivity index (χ4n) is 3.69. The van der Waals surface area contributed by atoms with Gasteiger partial charge in [0.25, 0.3) is 0 Å². The van der Waals surface area contributed by atoms with E-state index in [4.69, 9.17) is 4.74 Å². The van der Waals surface area contributed by atoms with Gasteiger partial charge in [0.2, 0.25) is 0 Å². The minimum atomic E-state index is 0.663. The molecule has 0 radical (unpaired) electrons. The Morgan fingerprint density at radius 2 is 2.11 bits per heavy atom. The summed E-state index contributed by atoms with van der Waals surface area (Å²) in [6.07, 6.45) is 3.82. The van der Waals surface area contributed by atoms with Gasteiger partial charge in [-0.1, -0.05) is 27.2 Å². The first-order valence-corrected chi connectivity index (χ1v) is 8.20. The minimum absolute atomic E-state index is 0.663. The van der Waals surface area contributed by atoms with E-state index in [0.29, 0.717) is 18.1 Å². The van der Waals surface area contributed by atoms with Crippen LogP contribution in [0.1, 0.15) is 47.0 Å². The van der Waals surface area contributed by atoms with Crippen LogP contribution >= 0.6 is 0 Å². The van der Waals surface area contributed by atoms with Crippen molar-refractivity contribution in [3.8, 4) is 0 Å². The average molecular weight is 268 g/mol. The van der Waals surface area contributed by atoms with Gasteiger partial charge >= 0.3 is 0 Å². The van der Waals surface area contributed by atoms with Crippen molar-refractivity contribution in [2.75, 3.05) is 26.3 Å². The fraction of sp³-hybridized carbons (Fsp3) is 1.00. The maximum Gasteiger partial charge on any atom is 0.0509 e. The van der Waals surface area contributed by atoms with Gasteiger partial charge in [-0.05, 0) is 31.6 Å². The number of hydrogen-bond donors (Lipinski definition) is 1. The lowest BCUT2D eigenvalue weighted by Crippen LogP contribution is -2.61. The van der Waals surface area contributed by atoms with Crippen LogP contribution in [0.5, 0.6) is 0 Å². The first-order chi connectivity index (χ1) is 9.13. The molecular formula is C16H32N2O. The van der Waals surface area contributed by atoms with Gasteiger partial charge in [-0.25, -0.2) is 0 Å². The quantitative estimate of drug-likeness (QED) is 0.829. The molecule has 3 heteroatoms. The molecule has 1 N–H and O–H groups in total. The van der Waals surface area contributed by atoms with Gasteiger partial charge in [0.1, 0.15) is 0 Å². The lowest BCUT2D eigenvalue weighted by molar-refractivity contribution is 0.0322. The zero-order chi connectivity index (χ0) is 13.8. The highest BCUT2D eigenvalue weighted by Gasteiger charge is 2.36. The van der Waals surface area contributed by atoms with Crippen LogP contribution in [-0.4, -0.2) is 49.3 Å². The monoisotopic (exact) mass is 268 g/mol. The summed E-state index contributed by atoms with van der Waals surface area (Å²) in [5.74, 6) is 1.46. The summed E-state index contributed by atoms with van der Waals surface area (Å²) >= 11 is 0. The number of hydrogen-bond acceptors (Lipinski definition) is 3. The van der Waals surface area contributed by atoms with Crippen molar-refractivity contribution in [2.45, 2.75) is 65.1 Å². The van der Waals surface area contributed by atoms with Gasteiger partial charge in [-0.3, -0.25) is 4.90 Å². The van der Waals surface area contributed by atoms with E-state index in [1.165, 1.54) is 25.8 Å². The standard InChI is InChI=1S/C16H32N2O/c1-5-6-15-10-18(16(9-17-15)12(2)3)13(4)14-7-8-19-11-14/h12-17H,5-11H2,1-4H3. The zero-order valence-corrected chi connectivity index (χ0v) is 13.2. The number of nitrogens with one attached hydrogen (secondary N) is 1. The fourth-order valence-corrected chi connectivity index (χ4v) is 3.69.